The lowest BCUT2D eigenvalue weighted by Crippen LogP contribution is -2.40. The topological polar surface area (TPSA) is 92.5 Å². The highest BCUT2D eigenvalue weighted by Crippen LogP contribution is 2.24. The van der Waals surface area contributed by atoms with Gasteiger partial charge in [-0.1, -0.05) is 13.0 Å². The van der Waals surface area contributed by atoms with Crippen LogP contribution in [0.25, 0.3) is 0 Å². The van der Waals surface area contributed by atoms with Gasteiger partial charge in [-0.15, -0.1) is 0 Å². The molecule has 0 saturated carbocycles. The second-order valence-electron chi connectivity index (χ2n) is 5.55. The van der Waals surface area contributed by atoms with Crippen LogP contribution in [0, 0.1) is 5.92 Å². The van der Waals surface area contributed by atoms with Gasteiger partial charge in [-0.25, -0.2) is 8.42 Å². The van der Waals surface area contributed by atoms with E-state index in [1.807, 2.05) is 0 Å². The molecule has 0 spiro atoms. The molecule has 1 amide bonds. The molecule has 1 aromatic rings. The number of sulfonamides is 1. The first kappa shape index (κ1) is 16.9. The molecule has 0 atom stereocenters. The van der Waals surface area contributed by atoms with Gasteiger partial charge in [0.15, 0.2) is 0 Å². The van der Waals surface area contributed by atoms with Gasteiger partial charge in [0.25, 0.3) is 0 Å². The van der Waals surface area contributed by atoms with Crippen LogP contribution in [-0.4, -0.2) is 44.8 Å². The Morgan fingerprint density at radius 2 is 2.05 bits per heavy atom. The number of nitrogens with one attached hydrogen (secondary N) is 1. The number of hydrogen-bond donors (Lipinski definition) is 2. The van der Waals surface area contributed by atoms with Crippen LogP contribution in [-0.2, 0) is 10.0 Å². The van der Waals surface area contributed by atoms with Gasteiger partial charge < -0.3 is 11.1 Å². The Bertz CT molecular complexity index is 623. The van der Waals surface area contributed by atoms with Crippen LogP contribution < -0.4 is 11.1 Å². The van der Waals surface area contributed by atoms with Crippen molar-refractivity contribution in [2.24, 2.45) is 11.7 Å². The SMILES string of the molecule is CCNCC1CCN(S(=O)(=O)c2cccc(C(N)=O)c2)CC1. The van der Waals surface area contributed by atoms with E-state index >= 15 is 0 Å². The summed E-state index contributed by atoms with van der Waals surface area (Å²) in [4.78, 5) is 11.3. The maximum atomic E-state index is 12.6. The van der Waals surface area contributed by atoms with E-state index in [2.05, 4.69) is 12.2 Å². The van der Waals surface area contributed by atoms with Crippen molar-refractivity contribution in [1.29, 1.82) is 0 Å². The van der Waals surface area contributed by atoms with Crippen molar-refractivity contribution in [1.82, 2.24) is 9.62 Å². The van der Waals surface area contributed by atoms with E-state index in [9.17, 15) is 13.2 Å². The number of piperidine rings is 1. The lowest BCUT2D eigenvalue weighted by atomic mass is 9.98. The van der Waals surface area contributed by atoms with Gasteiger partial charge in [-0.05, 0) is 50.0 Å². The summed E-state index contributed by atoms with van der Waals surface area (Å²) in [6.45, 7) is 4.95. The van der Waals surface area contributed by atoms with E-state index < -0.39 is 15.9 Å². The number of carbonyl (C=O) groups is 1. The number of nitrogens with zero attached hydrogens (tertiary/aromatic N) is 1. The van der Waals surface area contributed by atoms with Crippen molar-refractivity contribution in [3.63, 3.8) is 0 Å². The Morgan fingerprint density at radius 1 is 1.36 bits per heavy atom. The van der Waals surface area contributed by atoms with Crippen LogP contribution in [0.4, 0.5) is 0 Å². The molecule has 2 rings (SSSR count). The molecule has 22 heavy (non-hydrogen) atoms. The van der Waals surface area contributed by atoms with Gasteiger partial charge in [0.2, 0.25) is 15.9 Å². The predicted octanol–water partition coefficient (Wildman–Crippen LogP) is 0.796. The second kappa shape index (κ2) is 7.21. The Labute approximate surface area is 131 Å². The molecule has 0 aromatic heterocycles. The lowest BCUT2D eigenvalue weighted by molar-refractivity contribution is 0.1000. The average Bonchev–Trinajstić information content (AvgIpc) is 2.53. The molecule has 3 N–H and O–H groups in total. The summed E-state index contributed by atoms with van der Waals surface area (Å²) in [6.07, 6.45) is 1.70. The van der Waals surface area contributed by atoms with Crippen LogP contribution in [0.1, 0.15) is 30.1 Å². The molecule has 0 radical (unpaired) electrons. The number of benzene rings is 1. The molecule has 1 fully saturated rings. The number of nitrogens with two attached hydrogens (primary N) is 1. The fraction of sp³-hybridized carbons (Fsp3) is 0.533. The van der Waals surface area contributed by atoms with Gasteiger partial charge in [-0.2, -0.15) is 4.31 Å². The normalized spacial score (nSPS) is 17.5. The maximum absolute atomic E-state index is 12.6. The van der Waals surface area contributed by atoms with Gasteiger partial charge in [0, 0.05) is 18.7 Å². The summed E-state index contributed by atoms with van der Waals surface area (Å²) in [5, 5.41) is 3.30. The van der Waals surface area contributed by atoms with Crippen LogP contribution in [0.15, 0.2) is 29.2 Å². The lowest BCUT2D eigenvalue weighted by Gasteiger charge is -2.31. The van der Waals surface area contributed by atoms with E-state index in [0.29, 0.717) is 19.0 Å². The zero-order chi connectivity index (χ0) is 16.2. The summed E-state index contributed by atoms with van der Waals surface area (Å²) in [6, 6.07) is 5.92. The monoisotopic (exact) mass is 325 g/mol. The zero-order valence-electron chi connectivity index (χ0n) is 12.8. The van der Waals surface area contributed by atoms with E-state index in [1.54, 1.807) is 6.07 Å². The highest BCUT2D eigenvalue weighted by molar-refractivity contribution is 7.89. The minimum atomic E-state index is -3.56. The molecule has 1 saturated heterocycles. The highest BCUT2D eigenvalue weighted by Gasteiger charge is 2.29. The van der Waals surface area contributed by atoms with Gasteiger partial charge in [-0.3, -0.25) is 4.79 Å². The van der Waals surface area contributed by atoms with Crippen molar-refractivity contribution in [3.05, 3.63) is 29.8 Å². The molecule has 122 valence electrons. The Balaban J connectivity index is 2.08. The molecule has 1 aliphatic heterocycles. The molecule has 0 unspecified atom stereocenters. The second-order valence-corrected chi connectivity index (χ2v) is 7.49. The van der Waals surface area contributed by atoms with Crippen LogP contribution in [0.3, 0.4) is 0 Å². The van der Waals surface area contributed by atoms with Crippen molar-refractivity contribution in [2.75, 3.05) is 26.2 Å². The number of amides is 1. The minimum absolute atomic E-state index is 0.133. The highest BCUT2D eigenvalue weighted by atomic mass is 32.2. The third-order valence-corrected chi connectivity index (χ3v) is 5.91. The Morgan fingerprint density at radius 3 is 2.64 bits per heavy atom. The fourth-order valence-electron chi connectivity index (χ4n) is 2.66. The quantitative estimate of drug-likeness (QED) is 0.809. The van der Waals surface area contributed by atoms with Crippen molar-refractivity contribution >= 4 is 15.9 Å². The standard InChI is InChI=1S/C15H23N3O3S/c1-2-17-11-12-6-8-18(9-7-12)22(20,21)14-5-3-4-13(10-14)15(16)19/h3-5,10,12,17H,2,6-9,11H2,1H3,(H2,16,19). The molecule has 7 heteroatoms. The summed E-state index contributed by atoms with van der Waals surface area (Å²) < 4.78 is 26.8. The summed E-state index contributed by atoms with van der Waals surface area (Å²) in [5.74, 6) is -0.107. The molecular formula is C15H23N3O3S. The largest absolute Gasteiger partial charge is 0.366 e. The number of primary amides is 1. The van der Waals surface area contributed by atoms with Gasteiger partial charge >= 0.3 is 0 Å². The van der Waals surface area contributed by atoms with Crippen LogP contribution >= 0.6 is 0 Å². The third-order valence-electron chi connectivity index (χ3n) is 4.01. The van der Waals surface area contributed by atoms with E-state index in [1.165, 1.54) is 22.5 Å². The first-order valence-electron chi connectivity index (χ1n) is 7.56. The van der Waals surface area contributed by atoms with Gasteiger partial charge in [0.05, 0.1) is 4.90 Å². The molecule has 0 bridgehead atoms. The fourth-order valence-corrected chi connectivity index (χ4v) is 4.18. The van der Waals surface area contributed by atoms with E-state index in [-0.39, 0.29) is 10.5 Å². The van der Waals surface area contributed by atoms with Crippen molar-refractivity contribution in [2.45, 2.75) is 24.7 Å². The molecule has 1 heterocycles. The minimum Gasteiger partial charge on any atom is -0.366 e. The van der Waals surface area contributed by atoms with E-state index in [0.717, 1.165) is 25.9 Å². The number of hydrogen-bond acceptors (Lipinski definition) is 4. The van der Waals surface area contributed by atoms with Crippen LogP contribution in [0.5, 0.6) is 0 Å². The number of rotatable bonds is 6. The summed E-state index contributed by atoms with van der Waals surface area (Å²) >= 11 is 0. The molecular weight excluding hydrogens is 302 g/mol. The molecule has 6 nitrogen and oxygen atoms in total. The first-order valence-corrected chi connectivity index (χ1v) is 9.00. The van der Waals surface area contributed by atoms with E-state index in [4.69, 9.17) is 5.73 Å². The average molecular weight is 325 g/mol. The van der Waals surface area contributed by atoms with Crippen molar-refractivity contribution in [3.8, 4) is 0 Å². The van der Waals surface area contributed by atoms with Crippen molar-refractivity contribution < 1.29 is 13.2 Å². The first-order chi connectivity index (χ1) is 10.4. The van der Waals surface area contributed by atoms with Crippen LogP contribution in [0.2, 0.25) is 0 Å². The Hall–Kier alpha value is -1.44. The summed E-state index contributed by atoms with van der Waals surface area (Å²) in [5.41, 5.74) is 5.43. The number of carbonyl (C=O) groups excluding carboxylic acids is 1. The summed E-state index contributed by atoms with van der Waals surface area (Å²) in [7, 11) is -3.56. The maximum Gasteiger partial charge on any atom is 0.248 e. The predicted molar refractivity (Wildman–Crippen MR) is 85.0 cm³/mol. The molecule has 1 aromatic carbocycles. The third kappa shape index (κ3) is 3.85. The zero-order valence-corrected chi connectivity index (χ0v) is 13.6. The molecule has 1 aliphatic rings. The smallest absolute Gasteiger partial charge is 0.248 e. The van der Waals surface area contributed by atoms with Gasteiger partial charge in [0.1, 0.15) is 0 Å². The Kier molecular flexibility index (Phi) is 5.55. The molecule has 0 aliphatic carbocycles.